The topological polar surface area (TPSA) is 96.2 Å². The molecular weight excluding hydrogens is 561 g/mol. The predicted octanol–water partition coefficient (Wildman–Crippen LogP) is 3.16. The van der Waals surface area contributed by atoms with Crippen LogP contribution in [0.4, 0.5) is 15.9 Å². The second kappa shape index (κ2) is 12.4. The molecule has 6 rings (SSSR count). The van der Waals surface area contributed by atoms with E-state index in [2.05, 4.69) is 40.5 Å². The SMILES string of the molecule is C=C(F)C(=O)N1CCN(c2nc(OC[C@@H]3CCCN3C)cc3c2CCN(c2cccc4c2C(=O)N(C)CC4)C3)C[C@@H]1CC#N. The molecule has 0 bridgehead atoms. The summed E-state index contributed by atoms with van der Waals surface area (Å²) < 4.78 is 20.2. The smallest absolute Gasteiger partial charge is 0.282 e. The molecule has 232 valence electrons. The summed E-state index contributed by atoms with van der Waals surface area (Å²) >= 11 is 0. The molecule has 10 nitrogen and oxygen atoms in total. The molecule has 0 spiro atoms. The van der Waals surface area contributed by atoms with Crippen molar-refractivity contribution in [3.63, 3.8) is 0 Å². The van der Waals surface area contributed by atoms with Gasteiger partial charge in [-0.2, -0.15) is 10.2 Å². The van der Waals surface area contributed by atoms with Crippen molar-refractivity contribution in [2.24, 2.45) is 0 Å². The average molecular weight is 602 g/mol. The summed E-state index contributed by atoms with van der Waals surface area (Å²) in [5.41, 5.74) is 5.01. The van der Waals surface area contributed by atoms with Crippen molar-refractivity contribution >= 4 is 23.3 Å². The van der Waals surface area contributed by atoms with Gasteiger partial charge < -0.3 is 29.2 Å². The van der Waals surface area contributed by atoms with Crippen LogP contribution < -0.4 is 14.5 Å². The molecule has 0 saturated carbocycles. The Morgan fingerprint density at radius 3 is 2.70 bits per heavy atom. The Kier molecular flexibility index (Phi) is 8.45. The quantitative estimate of drug-likeness (QED) is 0.447. The number of likely N-dealkylation sites (tertiary alicyclic amines) is 1. The highest BCUT2D eigenvalue weighted by molar-refractivity contribution is 6.02. The molecule has 0 radical (unpaired) electrons. The summed E-state index contributed by atoms with van der Waals surface area (Å²) in [4.78, 5) is 40.7. The number of aromatic nitrogens is 1. The van der Waals surface area contributed by atoms with E-state index in [1.54, 1.807) is 4.90 Å². The number of pyridine rings is 1. The minimum absolute atomic E-state index is 0.0553. The van der Waals surface area contributed by atoms with Gasteiger partial charge in [0.2, 0.25) is 5.88 Å². The first-order valence-corrected chi connectivity index (χ1v) is 15.5. The van der Waals surface area contributed by atoms with Crippen molar-refractivity contribution in [3.8, 4) is 11.9 Å². The molecule has 4 aliphatic rings. The van der Waals surface area contributed by atoms with Gasteiger partial charge in [0, 0.05) is 64.0 Å². The first kappa shape index (κ1) is 29.9. The fraction of sp³-hybridized carbons (Fsp3) is 0.515. The Morgan fingerprint density at radius 1 is 1.11 bits per heavy atom. The Balaban J connectivity index is 1.33. The number of carbonyl (C=O) groups is 2. The third-order valence-electron chi connectivity index (χ3n) is 9.61. The number of hydrogen-bond acceptors (Lipinski definition) is 8. The van der Waals surface area contributed by atoms with E-state index in [1.807, 2.05) is 25.2 Å². The van der Waals surface area contributed by atoms with Crippen molar-refractivity contribution in [3.05, 3.63) is 58.9 Å². The van der Waals surface area contributed by atoms with Crippen LogP contribution in [0.1, 0.15) is 46.3 Å². The maximum Gasteiger partial charge on any atom is 0.282 e. The van der Waals surface area contributed by atoms with E-state index < -0.39 is 17.8 Å². The fourth-order valence-electron chi connectivity index (χ4n) is 7.08. The molecule has 2 fully saturated rings. The van der Waals surface area contributed by atoms with Gasteiger partial charge in [-0.25, -0.2) is 4.39 Å². The lowest BCUT2D eigenvalue weighted by Gasteiger charge is -2.42. The van der Waals surface area contributed by atoms with Gasteiger partial charge in [0.05, 0.1) is 29.8 Å². The number of anilines is 2. The van der Waals surface area contributed by atoms with Crippen molar-refractivity contribution < 1.29 is 18.7 Å². The van der Waals surface area contributed by atoms with E-state index in [0.29, 0.717) is 51.1 Å². The first-order chi connectivity index (χ1) is 21.2. The Morgan fingerprint density at radius 2 is 1.95 bits per heavy atom. The van der Waals surface area contributed by atoms with Crippen molar-refractivity contribution in [2.45, 2.75) is 50.7 Å². The van der Waals surface area contributed by atoms with Crippen LogP contribution in [-0.2, 0) is 24.2 Å². The van der Waals surface area contributed by atoms with Crippen LogP contribution in [0.3, 0.4) is 0 Å². The number of carbonyl (C=O) groups excluding carboxylic acids is 2. The summed E-state index contributed by atoms with van der Waals surface area (Å²) in [5, 5.41) is 9.51. The van der Waals surface area contributed by atoms with E-state index >= 15 is 0 Å². The van der Waals surface area contributed by atoms with Crippen LogP contribution in [0.25, 0.3) is 0 Å². The molecular formula is C33H40FN7O3. The second-order valence-corrected chi connectivity index (χ2v) is 12.3. The van der Waals surface area contributed by atoms with Crippen LogP contribution in [0, 0.1) is 11.3 Å². The maximum atomic E-state index is 13.8. The van der Waals surface area contributed by atoms with Gasteiger partial charge in [0.25, 0.3) is 11.8 Å². The van der Waals surface area contributed by atoms with Crippen molar-refractivity contribution in [1.29, 1.82) is 5.26 Å². The second-order valence-electron chi connectivity index (χ2n) is 12.3. The molecule has 2 saturated heterocycles. The molecule has 2 aromatic rings. The highest BCUT2D eigenvalue weighted by Crippen LogP contribution is 2.37. The van der Waals surface area contributed by atoms with Gasteiger partial charge >= 0.3 is 0 Å². The number of fused-ring (bicyclic) bond motifs is 2. The molecule has 1 aromatic carbocycles. The zero-order valence-corrected chi connectivity index (χ0v) is 25.6. The number of benzene rings is 1. The van der Waals surface area contributed by atoms with Crippen molar-refractivity contribution in [2.75, 3.05) is 69.8 Å². The molecule has 11 heteroatoms. The third kappa shape index (κ3) is 5.71. The Labute approximate surface area is 258 Å². The van der Waals surface area contributed by atoms with Gasteiger partial charge in [-0.3, -0.25) is 9.59 Å². The molecule has 4 aliphatic heterocycles. The molecule has 2 amide bonds. The van der Waals surface area contributed by atoms with Crippen LogP contribution in [0.2, 0.25) is 0 Å². The number of nitrogens with zero attached hydrogens (tertiary/aromatic N) is 7. The molecule has 5 heterocycles. The van der Waals surface area contributed by atoms with Gasteiger partial charge in [-0.15, -0.1) is 0 Å². The van der Waals surface area contributed by atoms with Gasteiger partial charge in [0.15, 0.2) is 5.83 Å². The summed E-state index contributed by atoms with van der Waals surface area (Å²) in [6, 6.07) is 10.2. The maximum absolute atomic E-state index is 13.8. The highest BCUT2D eigenvalue weighted by atomic mass is 19.1. The first-order valence-electron chi connectivity index (χ1n) is 15.5. The Bertz CT molecular complexity index is 1510. The molecule has 2 atom stereocenters. The average Bonchev–Trinajstić information content (AvgIpc) is 3.44. The fourth-order valence-corrected chi connectivity index (χ4v) is 7.08. The van der Waals surface area contributed by atoms with Crippen molar-refractivity contribution in [1.82, 2.24) is 19.7 Å². The zero-order valence-electron chi connectivity index (χ0n) is 25.6. The normalized spacial score (nSPS) is 22.0. The molecule has 44 heavy (non-hydrogen) atoms. The van der Waals surface area contributed by atoms with E-state index in [1.165, 1.54) is 4.90 Å². The number of halogens is 1. The molecule has 1 aromatic heterocycles. The minimum atomic E-state index is -1.02. The Hall–Kier alpha value is -4.17. The molecule has 0 N–H and O–H groups in total. The summed E-state index contributed by atoms with van der Waals surface area (Å²) in [6.45, 7) is 7.87. The van der Waals surface area contributed by atoms with Crippen LogP contribution in [-0.4, -0.2) is 104 Å². The van der Waals surface area contributed by atoms with Crippen LogP contribution in [0.5, 0.6) is 5.88 Å². The van der Waals surface area contributed by atoms with Gasteiger partial charge in [-0.05, 0) is 56.5 Å². The minimum Gasteiger partial charge on any atom is -0.476 e. The third-order valence-corrected chi connectivity index (χ3v) is 9.61. The summed E-state index contributed by atoms with van der Waals surface area (Å²) in [5.74, 6) is -0.396. The number of piperazine rings is 1. The largest absolute Gasteiger partial charge is 0.476 e. The number of likely N-dealkylation sites (N-methyl/N-ethyl adjacent to an activating group) is 2. The monoisotopic (exact) mass is 601 g/mol. The number of amides is 2. The number of ether oxygens (including phenoxy) is 1. The van der Waals surface area contributed by atoms with Gasteiger partial charge in [0.1, 0.15) is 12.4 Å². The lowest BCUT2D eigenvalue weighted by Crippen LogP contribution is -2.55. The predicted molar refractivity (Wildman–Crippen MR) is 165 cm³/mol. The number of nitriles is 1. The lowest BCUT2D eigenvalue weighted by atomic mass is 9.94. The zero-order chi connectivity index (χ0) is 31.0. The highest BCUT2D eigenvalue weighted by Gasteiger charge is 2.35. The number of rotatable bonds is 7. The van der Waals surface area contributed by atoms with E-state index in [-0.39, 0.29) is 18.9 Å². The van der Waals surface area contributed by atoms with E-state index in [4.69, 9.17) is 9.72 Å². The summed E-state index contributed by atoms with van der Waals surface area (Å²) in [6.07, 6.45) is 3.85. The molecule has 0 unspecified atom stereocenters. The van der Waals surface area contributed by atoms with Crippen LogP contribution >= 0.6 is 0 Å². The molecule has 0 aliphatic carbocycles. The lowest BCUT2D eigenvalue weighted by molar-refractivity contribution is -0.131. The number of hydrogen-bond donors (Lipinski definition) is 0. The van der Waals surface area contributed by atoms with Gasteiger partial charge in [-0.1, -0.05) is 18.7 Å². The summed E-state index contributed by atoms with van der Waals surface area (Å²) in [7, 11) is 3.97. The van der Waals surface area contributed by atoms with E-state index in [9.17, 15) is 19.2 Å². The standard InChI is InChI=1S/C33H40FN7O3/c1-22(34)32(42)41-17-16-40(20-25(41)9-12-35)31-27-11-15-39(28-8-4-6-23-10-14-38(3)33(43)30(23)28)19-24(27)18-29(36-31)44-21-26-7-5-13-37(26)2/h4,6,8,18,25-26H,1,5,7,9-11,13-17,19-21H2,2-3H3/t25-,26-/m0/s1. The van der Waals surface area contributed by atoms with E-state index in [0.717, 1.165) is 66.1 Å². The van der Waals surface area contributed by atoms with Crippen LogP contribution in [0.15, 0.2) is 36.7 Å².